The van der Waals surface area contributed by atoms with Crippen LogP contribution in [0.25, 0.3) is 11.0 Å². The summed E-state index contributed by atoms with van der Waals surface area (Å²) in [5, 5.41) is 22.4. The van der Waals surface area contributed by atoms with Crippen molar-refractivity contribution in [2.24, 2.45) is 0 Å². The van der Waals surface area contributed by atoms with E-state index >= 15 is 0 Å². The predicted octanol–water partition coefficient (Wildman–Crippen LogP) is 2.91. The Hall–Kier alpha value is -2.56. The molecular formula is C22H27BrN6O3. The molecule has 1 aliphatic carbocycles. The molecule has 170 valence electrons. The van der Waals surface area contributed by atoms with E-state index in [2.05, 4.69) is 31.2 Å². The van der Waals surface area contributed by atoms with Gasteiger partial charge in [0.1, 0.15) is 11.5 Å². The number of halogens is 1. The van der Waals surface area contributed by atoms with Crippen LogP contribution in [0.1, 0.15) is 37.3 Å². The maximum atomic E-state index is 13.1. The van der Waals surface area contributed by atoms with Crippen molar-refractivity contribution in [2.75, 3.05) is 36.5 Å². The van der Waals surface area contributed by atoms with Gasteiger partial charge in [-0.25, -0.2) is 9.97 Å². The summed E-state index contributed by atoms with van der Waals surface area (Å²) in [6, 6.07) is 3.80. The molecule has 9 nitrogen and oxygen atoms in total. The zero-order valence-electron chi connectivity index (χ0n) is 18.0. The Labute approximate surface area is 194 Å². The van der Waals surface area contributed by atoms with E-state index < -0.39 is 0 Å². The molecule has 3 N–H and O–H groups in total. The van der Waals surface area contributed by atoms with E-state index in [0.717, 1.165) is 42.3 Å². The van der Waals surface area contributed by atoms with Crippen LogP contribution in [0.5, 0.6) is 0 Å². The summed E-state index contributed by atoms with van der Waals surface area (Å²) in [5.74, 6) is 0.929. The number of nitrogens with zero attached hydrogens (tertiary/aromatic N) is 5. The number of aliphatic hydroxyl groups excluding tert-OH is 2. The lowest BCUT2D eigenvalue weighted by atomic mass is 10.1. The minimum Gasteiger partial charge on any atom is -0.395 e. The second-order valence-corrected chi connectivity index (χ2v) is 8.74. The Kier molecular flexibility index (Phi) is 7.02. The summed E-state index contributed by atoms with van der Waals surface area (Å²) in [5.41, 5.74) is 2.21. The molecule has 32 heavy (non-hydrogen) atoms. The lowest BCUT2D eigenvalue weighted by Crippen LogP contribution is -2.29. The number of pyridine rings is 2. The maximum Gasteiger partial charge on any atom is 0.267 e. The quantitative estimate of drug-likeness (QED) is 0.430. The number of rotatable bonds is 8. The first-order valence-electron chi connectivity index (χ1n) is 10.8. The summed E-state index contributed by atoms with van der Waals surface area (Å²) in [4.78, 5) is 28.5. The van der Waals surface area contributed by atoms with Crippen molar-refractivity contribution in [3.8, 4) is 0 Å². The van der Waals surface area contributed by atoms with Crippen LogP contribution < -0.4 is 15.8 Å². The molecule has 0 aromatic carbocycles. The van der Waals surface area contributed by atoms with Crippen molar-refractivity contribution < 1.29 is 10.2 Å². The summed E-state index contributed by atoms with van der Waals surface area (Å²) in [7, 11) is 0. The highest BCUT2D eigenvalue weighted by molar-refractivity contribution is 9.10. The van der Waals surface area contributed by atoms with E-state index in [4.69, 9.17) is 4.98 Å². The molecule has 0 spiro atoms. The third-order valence-electron chi connectivity index (χ3n) is 5.92. The van der Waals surface area contributed by atoms with Crippen molar-refractivity contribution in [1.82, 2.24) is 19.5 Å². The molecule has 10 heteroatoms. The van der Waals surface area contributed by atoms with E-state index in [9.17, 15) is 15.0 Å². The second kappa shape index (κ2) is 9.93. The van der Waals surface area contributed by atoms with Crippen molar-refractivity contribution in [3.63, 3.8) is 0 Å². The maximum absolute atomic E-state index is 13.1. The van der Waals surface area contributed by atoms with Crippen LogP contribution in [-0.2, 0) is 0 Å². The van der Waals surface area contributed by atoms with Gasteiger partial charge in [-0.2, -0.15) is 4.98 Å². The first kappa shape index (κ1) is 22.6. The average molecular weight is 503 g/mol. The first-order chi connectivity index (χ1) is 15.5. The minimum atomic E-state index is -0.0538. The van der Waals surface area contributed by atoms with Crippen LogP contribution in [-0.4, -0.2) is 56.0 Å². The molecule has 4 rings (SSSR count). The second-order valence-electron chi connectivity index (χ2n) is 7.94. The highest BCUT2D eigenvalue weighted by Crippen LogP contribution is 2.32. The van der Waals surface area contributed by atoms with Crippen LogP contribution in [0.3, 0.4) is 0 Å². The number of aryl methyl sites for hydroxylation is 1. The van der Waals surface area contributed by atoms with Gasteiger partial charge in [0.05, 0.1) is 29.6 Å². The fourth-order valence-electron chi connectivity index (χ4n) is 4.24. The normalized spacial score (nSPS) is 14.2. The van der Waals surface area contributed by atoms with Gasteiger partial charge in [-0.3, -0.25) is 9.36 Å². The van der Waals surface area contributed by atoms with Gasteiger partial charge in [0, 0.05) is 30.7 Å². The molecule has 0 bridgehead atoms. The number of hydrogen-bond acceptors (Lipinski definition) is 8. The molecular weight excluding hydrogens is 476 g/mol. The SMILES string of the molecule is Cc1c(Br)c(=O)n(C2CCCC2)c2nc(Nc3ccc(N(CCO)CCO)cn3)ncc12. The van der Waals surface area contributed by atoms with Crippen LogP contribution in [0, 0.1) is 6.92 Å². The molecule has 1 saturated carbocycles. The third kappa shape index (κ3) is 4.48. The smallest absolute Gasteiger partial charge is 0.267 e. The highest BCUT2D eigenvalue weighted by atomic mass is 79.9. The van der Waals surface area contributed by atoms with Gasteiger partial charge >= 0.3 is 0 Å². The van der Waals surface area contributed by atoms with E-state index in [1.54, 1.807) is 18.5 Å². The third-order valence-corrected chi connectivity index (χ3v) is 6.85. The monoisotopic (exact) mass is 502 g/mol. The Bertz CT molecular complexity index is 1140. The molecule has 0 aliphatic heterocycles. The Morgan fingerprint density at radius 2 is 1.88 bits per heavy atom. The zero-order chi connectivity index (χ0) is 22.7. The molecule has 0 saturated heterocycles. The van der Waals surface area contributed by atoms with E-state index in [1.807, 2.05) is 22.5 Å². The van der Waals surface area contributed by atoms with Crippen molar-refractivity contribution in [2.45, 2.75) is 38.6 Å². The van der Waals surface area contributed by atoms with Gasteiger partial charge in [0.15, 0.2) is 0 Å². The van der Waals surface area contributed by atoms with Crippen molar-refractivity contribution in [1.29, 1.82) is 0 Å². The van der Waals surface area contributed by atoms with Crippen molar-refractivity contribution >= 4 is 44.4 Å². The lowest BCUT2D eigenvalue weighted by Gasteiger charge is -2.22. The fourth-order valence-corrected chi connectivity index (χ4v) is 4.64. The number of aromatic nitrogens is 4. The van der Waals surface area contributed by atoms with Gasteiger partial charge in [-0.15, -0.1) is 0 Å². The number of hydrogen-bond donors (Lipinski definition) is 3. The standard InChI is InChI=1S/C22H27BrN6O3/c1-14-17-13-25-22(26-18-7-6-16(12-24-18)28(8-10-30)9-11-31)27-20(17)29(21(32)19(14)23)15-4-2-3-5-15/h6-7,12-13,15,30-31H,2-5,8-11H2,1H3,(H,24,25,26,27). The molecule has 3 heterocycles. The number of nitrogens with one attached hydrogen (secondary N) is 1. The largest absolute Gasteiger partial charge is 0.395 e. The molecule has 0 unspecified atom stereocenters. The van der Waals surface area contributed by atoms with Crippen LogP contribution in [0.4, 0.5) is 17.5 Å². The van der Waals surface area contributed by atoms with Crippen LogP contribution in [0.2, 0.25) is 0 Å². The summed E-state index contributed by atoms with van der Waals surface area (Å²) >= 11 is 3.46. The van der Waals surface area contributed by atoms with Gasteiger partial charge in [-0.1, -0.05) is 12.8 Å². The number of fused-ring (bicyclic) bond motifs is 1. The molecule has 1 fully saturated rings. The minimum absolute atomic E-state index is 0.0108. The molecule has 0 amide bonds. The van der Waals surface area contributed by atoms with E-state index in [0.29, 0.717) is 35.0 Å². The topological polar surface area (TPSA) is 116 Å². The van der Waals surface area contributed by atoms with Gasteiger partial charge in [0.25, 0.3) is 5.56 Å². The predicted molar refractivity (Wildman–Crippen MR) is 128 cm³/mol. The van der Waals surface area contributed by atoms with Gasteiger partial charge in [0.2, 0.25) is 5.95 Å². The van der Waals surface area contributed by atoms with Crippen LogP contribution in [0.15, 0.2) is 33.8 Å². The Morgan fingerprint density at radius 3 is 2.50 bits per heavy atom. The van der Waals surface area contributed by atoms with Crippen molar-refractivity contribution in [3.05, 3.63) is 44.9 Å². The fraction of sp³-hybridized carbons (Fsp3) is 0.455. The summed E-state index contributed by atoms with van der Waals surface area (Å²) in [6.07, 6.45) is 7.58. The average Bonchev–Trinajstić information content (AvgIpc) is 3.32. The molecule has 3 aromatic heterocycles. The van der Waals surface area contributed by atoms with E-state index in [1.165, 1.54) is 0 Å². The molecule has 1 aliphatic rings. The van der Waals surface area contributed by atoms with E-state index in [-0.39, 0.29) is 24.8 Å². The summed E-state index contributed by atoms with van der Waals surface area (Å²) in [6.45, 7) is 2.70. The summed E-state index contributed by atoms with van der Waals surface area (Å²) < 4.78 is 2.37. The first-order valence-corrected chi connectivity index (χ1v) is 11.6. The van der Waals surface area contributed by atoms with Crippen LogP contribution >= 0.6 is 15.9 Å². The van der Waals surface area contributed by atoms with Gasteiger partial charge < -0.3 is 20.4 Å². The molecule has 0 radical (unpaired) electrons. The number of aliphatic hydroxyl groups is 2. The van der Waals surface area contributed by atoms with Gasteiger partial charge in [-0.05, 0) is 53.4 Å². The number of anilines is 3. The molecule has 3 aromatic rings. The Balaban J connectivity index is 1.66. The zero-order valence-corrected chi connectivity index (χ0v) is 19.5. The lowest BCUT2D eigenvalue weighted by molar-refractivity contribution is 0.281. The Morgan fingerprint density at radius 1 is 1.16 bits per heavy atom. The molecule has 0 atom stereocenters. The highest BCUT2D eigenvalue weighted by Gasteiger charge is 2.23.